The zero-order chi connectivity index (χ0) is 13.4. The largest absolute Gasteiger partial charge is 0.497 e. The van der Waals surface area contributed by atoms with E-state index in [0.29, 0.717) is 6.61 Å². The van der Waals surface area contributed by atoms with Crippen LogP contribution in [0.4, 0.5) is 0 Å². The van der Waals surface area contributed by atoms with E-state index >= 15 is 0 Å². The molecule has 0 aliphatic rings. The molecule has 1 N–H and O–H groups in total. The van der Waals surface area contributed by atoms with Gasteiger partial charge in [-0.15, -0.1) is 0 Å². The summed E-state index contributed by atoms with van der Waals surface area (Å²) in [5, 5.41) is 9.37. The van der Waals surface area contributed by atoms with Crippen molar-refractivity contribution >= 4 is 0 Å². The van der Waals surface area contributed by atoms with Crippen molar-refractivity contribution in [2.75, 3.05) is 20.3 Å². The standard InChI is InChI=1S/C15H24O3/c1-12(2)18-9-8-14(11-16)10-13-4-6-15(17-3)7-5-13/h4-7,12,14,16H,8-11H2,1-3H3. The molecule has 1 aromatic rings. The summed E-state index contributed by atoms with van der Waals surface area (Å²) in [5.74, 6) is 1.12. The Hall–Kier alpha value is -1.06. The molecular formula is C15H24O3. The van der Waals surface area contributed by atoms with Gasteiger partial charge in [0.1, 0.15) is 5.75 Å². The van der Waals surface area contributed by atoms with Gasteiger partial charge < -0.3 is 14.6 Å². The Morgan fingerprint density at radius 2 is 1.83 bits per heavy atom. The molecule has 0 aliphatic carbocycles. The molecule has 0 amide bonds. The Labute approximate surface area is 110 Å². The Balaban J connectivity index is 2.41. The summed E-state index contributed by atoms with van der Waals surface area (Å²) in [7, 11) is 1.66. The molecule has 0 saturated heterocycles. The maximum absolute atomic E-state index is 9.37. The maximum Gasteiger partial charge on any atom is 0.118 e. The van der Waals surface area contributed by atoms with E-state index in [1.807, 2.05) is 38.1 Å². The summed E-state index contributed by atoms with van der Waals surface area (Å²) in [6, 6.07) is 8.00. The second-order valence-electron chi connectivity index (χ2n) is 4.81. The number of rotatable bonds is 8. The first-order valence-corrected chi connectivity index (χ1v) is 6.51. The fourth-order valence-electron chi connectivity index (χ4n) is 1.82. The number of aliphatic hydroxyl groups is 1. The fraction of sp³-hybridized carbons (Fsp3) is 0.600. The molecular weight excluding hydrogens is 228 g/mol. The Morgan fingerprint density at radius 1 is 1.17 bits per heavy atom. The minimum Gasteiger partial charge on any atom is -0.497 e. The number of methoxy groups -OCH3 is 1. The van der Waals surface area contributed by atoms with Crippen LogP contribution in [0.1, 0.15) is 25.8 Å². The first kappa shape index (κ1) is 15.0. The van der Waals surface area contributed by atoms with Gasteiger partial charge in [0, 0.05) is 13.2 Å². The average Bonchev–Trinajstić information content (AvgIpc) is 2.38. The number of hydrogen-bond acceptors (Lipinski definition) is 3. The van der Waals surface area contributed by atoms with Crippen molar-refractivity contribution in [3.05, 3.63) is 29.8 Å². The van der Waals surface area contributed by atoms with Gasteiger partial charge in [-0.05, 0) is 50.3 Å². The van der Waals surface area contributed by atoms with Gasteiger partial charge >= 0.3 is 0 Å². The van der Waals surface area contributed by atoms with Crippen LogP contribution in [0.3, 0.4) is 0 Å². The molecule has 1 unspecified atom stereocenters. The third-order valence-electron chi connectivity index (χ3n) is 2.92. The molecule has 18 heavy (non-hydrogen) atoms. The Kier molecular flexibility index (Phi) is 6.76. The lowest BCUT2D eigenvalue weighted by Gasteiger charge is -2.15. The highest BCUT2D eigenvalue weighted by Gasteiger charge is 2.09. The van der Waals surface area contributed by atoms with E-state index in [1.165, 1.54) is 5.56 Å². The number of hydrogen-bond donors (Lipinski definition) is 1. The van der Waals surface area contributed by atoms with E-state index in [2.05, 4.69) is 0 Å². The van der Waals surface area contributed by atoms with Crippen LogP contribution >= 0.6 is 0 Å². The minimum absolute atomic E-state index is 0.202. The van der Waals surface area contributed by atoms with Gasteiger partial charge in [0.2, 0.25) is 0 Å². The van der Waals surface area contributed by atoms with Crippen molar-refractivity contribution in [2.45, 2.75) is 32.8 Å². The molecule has 3 heteroatoms. The summed E-state index contributed by atoms with van der Waals surface area (Å²) in [5.41, 5.74) is 1.22. The fourth-order valence-corrected chi connectivity index (χ4v) is 1.82. The normalized spacial score (nSPS) is 12.7. The monoisotopic (exact) mass is 252 g/mol. The lowest BCUT2D eigenvalue weighted by Crippen LogP contribution is -2.14. The molecule has 0 saturated carbocycles. The van der Waals surface area contributed by atoms with Crippen LogP contribution in [-0.4, -0.2) is 31.5 Å². The smallest absolute Gasteiger partial charge is 0.118 e. The van der Waals surface area contributed by atoms with Gasteiger partial charge in [0.15, 0.2) is 0 Å². The average molecular weight is 252 g/mol. The quantitative estimate of drug-likeness (QED) is 0.773. The van der Waals surface area contributed by atoms with E-state index in [9.17, 15) is 5.11 Å². The summed E-state index contributed by atoms with van der Waals surface area (Å²) in [6.45, 7) is 4.96. The molecule has 1 aromatic carbocycles. The first-order chi connectivity index (χ1) is 8.65. The third kappa shape index (κ3) is 5.52. The second-order valence-corrected chi connectivity index (χ2v) is 4.81. The van der Waals surface area contributed by atoms with Crippen LogP contribution in [0, 0.1) is 5.92 Å². The molecule has 3 nitrogen and oxygen atoms in total. The molecule has 0 bridgehead atoms. The number of benzene rings is 1. The molecule has 0 radical (unpaired) electrons. The van der Waals surface area contributed by atoms with Gasteiger partial charge in [-0.25, -0.2) is 0 Å². The van der Waals surface area contributed by atoms with Gasteiger partial charge in [-0.2, -0.15) is 0 Å². The van der Waals surface area contributed by atoms with Crippen molar-refractivity contribution in [2.24, 2.45) is 5.92 Å². The SMILES string of the molecule is COc1ccc(CC(CO)CCOC(C)C)cc1. The molecule has 0 aromatic heterocycles. The van der Waals surface area contributed by atoms with Crippen molar-refractivity contribution in [3.8, 4) is 5.75 Å². The summed E-state index contributed by atoms with van der Waals surface area (Å²) in [6.07, 6.45) is 2.02. The molecule has 0 fully saturated rings. The molecule has 102 valence electrons. The Morgan fingerprint density at radius 3 is 2.33 bits per heavy atom. The van der Waals surface area contributed by atoms with Crippen molar-refractivity contribution < 1.29 is 14.6 Å². The van der Waals surface area contributed by atoms with Crippen LogP contribution < -0.4 is 4.74 Å². The lowest BCUT2D eigenvalue weighted by molar-refractivity contribution is 0.0612. The van der Waals surface area contributed by atoms with Gasteiger partial charge in [0.05, 0.1) is 13.2 Å². The van der Waals surface area contributed by atoms with Crippen LogP contribution in [0.2, 0.25) is 0 Å². The lowest BCUT2D eigenvalue weighted by atomic mass is 9.97. The topological polar surface area (TPSA) is 38.7 Å². The molecule has 1 rings (SSSR count). The number of ether oxygens (including phenoxy) is 2. The molecule has 0 aliphatic heterocycles. The third-order valence-corrected chi connectivity index (χ3v) is 2.92. The van der Waals surface area contributed by atoms with Crippen LogP contribution in [0.25, 0.3) is 0 Å². The van der Waals surface area contributed by atoms with Gasteiger partial charge in [-0.1, -0.05) is 12.1 Å². The van der Waals surface area contributed by atoms with E-state index in [1.54, 1.807) is 7.11 Å². The van der Waals surface area contributed by atoms with E-state index < -0.39 is 0 Å². The highest BCUT2D eigenvalue weighted by molar-refractivity contribution is 5.27. The van der Waals surface area contributed by atoms with Crippen molar-refractivity contribution in [1.29, 1.82) is 0 Å². The van der Waals surface area contributed by atoms with Crippen LogP contribution in [0.5, 0.6) is 5.75 Å². The predicted molar refractivity (Wildman–Crippen MR) is 73.0 cm³/mol. The van der Waals surface area contributed by atoms with E-state index in [-0.39, 0.29) is 18.6 Å². The number of aliphatic hydroxyl groups excluding tert-OH is 1. The highest BCUT2D eigenvalue weighted by atomic mass is 16.5. The zero-order valence-electron chi connectivity index (χ0n) is 11.6. The Bertz CT molecular complexity index is 319. The van der Waals surface area contributed by atoms with E-state index in [4.69, 9.17) is 9.47 Å². The first-order valence-electron chi connectivity index (χ1n) is 6.51. The van der Waals surface area contributed by atoms with Crippen molar-refractivity contribution in [1.82, 2.24) is 0 Å². The molecule has 0 spiro atoms. The maximum atomic E-state index is 9.37. The zero-order valence-corrected chi connectivity index (χ0v) is 11.6. The highest BCUT2D eigenvalue weighted by Crippen LogP contribution is 2.16. The van der Waals surface area contributed by atoms with E-state index in [0.717, 1.165) is 18.6 Å². The second kappa shape index (κ2) is 8.11. The van der Waals surface area contributed by atoms with Crippen LogP contribution in [0.15, 0.2) is 24.3 Å². The predicted octanol–water partition coefficient (Wildman–Crippen LogP) is 2.66. The van der Waals surface area contributed by atoms with Gasteiger partial charge in [-0.3, -0.25) is 0 Å². The molecule has 1 atom stereocenters. The van der Waals surface area contributed by atoms with Gasteiger partial charge in [0.25, 0.3) is 0 Å². The summed E-state index contributed by atoms with van der Waals surface area (Å²) in [4.78, 5) is 0. The minimum atomic E-state index is 0.202. The van der Waals surface area contributed by atoms with Crippen molar-refractivity contribution in [3.63, 3.8) is 0 Å². The molecule has 0 heterocycles. The summed E-state index contributed by atoms with van der Waals surface area (Å²) >= 11 is 0. The summed E-state index contributed by atoms with van der Waals surface area (Å²) < 4.78 is 10.6. The van der Waals surface area contributed by atoms with Crippen LogP contribution in [-0.2, 0) is 11.2 Å².